The van der Waals surface area contributed by atoms with Crippen molar-refractivity contribution in [2.45, 2.75) is 32.6 Å². The van der Waals surface area contributed by atoms with Gasteiger partial charge >= 0.3 is 0 Å². The van der Waals surface area contributed by atoms with Crippen molar-refractivity contribution >= 4 is 0 Å². The lowest BCUT2D eigenvalue weighted by molar-refractivity contribution is 0.666. The third-order valence-electron chi connectivity index (χ3n) is 2.13. The summed E-state index contributed by atoms with van der Waals surface area (Å²) in [5.41, 5.74) is 1.57. The van der Waals surface area contributed by atoms with Crippen molar-refractivity contribution in [2.24, 2.45) is 0 Å². The monoisotopic (exact) mass is 163 g/mol. The fourth-order valence-electron chi connectivity index (χ4n) is 1.44. The minimum atomic E-state index is 0.827. The number of hydrogen-bond acceptors (Lipinski definition) is 1. The predicted octanol–water partition coefficient (Wildman–Crippen LogP) is 2.10. The van der Waals surface area contributed by atoms with Crippen LogP contribution in [0.1, 0.15) is 32.6 Å². The van der Waals surface area contributed by atoms with Crippen molar-refractivity contribution in [3.8, 4) is 11.8 Å². The molecular weight excluding hydrogens is 146 g/mol. The molecule has 0 aliphatic heterocycles. The van der Waals surface area contributed by atoms with Crippen LogP contribution in [0, 0.1) is 11.8 Å². The smallest absolute Gasteiger partial charge is 0.0578 e. The summed E-state index contributed by atoms with van der Waals surface area (Å²) in [4.78, 5) is 0. The molecule has 0 fully saturated rings. The van der Waals surface area contributed by atoms with Crippen LogP contribution in [0.15, 0.2) is 11.6 Å². The van der Waals surface area contributed by atoms with Crippen molar-refractivity contribution in [3.05, 3.63) is 11.6 Å². The van der Waals surface area contributed by atoms with Gasteiger partial charge < -0.3 is 5.32 Å². The fraction of sp³-hybridized carbons (Fsp3) is 0.636. The van der Waals surface area contributed by atoms with Crippen LogP contribution in [-0.2, 0) is 0 Å². The van der Waals surface area contributed by atoms with Gasteiger partial charge in [0.15, 0.2) is 0 Å². The molecule has 12 heavy (non-hydrogen) atoms. The molecule has 1 rings (SSSR count). The second kappa shape index (κ2) is 5.85. The Labute approximate surface area is 75.2 Å². The van der Waals surface area contributed by atoms with Crippen molar-refractivity contribution in [2.75, 3.05) is 13.1 Å². The van der Waals surface area contributed by atoms with E-state index in [1.165, 1.54) is 25.7 Å². The van der Waals surface area contributed by atoms with Gasteiger partial charge in [-0.1, -0.05) is 17.6 Å². The molecule has 0 spiro atoms. The Hall–Kier alpha value is -0.740. The first kappa shape index (κ1) is 9.35. The summed E-state index contributed by atoms with van der Waals surface area (Å²) in [6, 6.07) is 0. The van der Waals surface area contributed by atoms with Gasteiger partial charge in [-0.05, 0) is 32.6 Å². The molecule has 1 N–H and O–H groups in total. The molecule has 0 atom stereocenters. The van der Waals surface area contributed by atoms with Crippen LogP contribution in [0.4, 0.5) is 0 Å². The van der Waals surface area contributed by atoms with Gasteiger partial charge in [-0.15, -0.1) is 5.92 Å². The molecule has 0 aromatic rings. The molecule has 1 heteroatoms. The lowest BCUT2D eigenvalue weighted by atomic mass is 10.00. The van der Waals surface area contributed by atoms with Gasteiger partial charge in [0.05, 0.1) is 6.54 Å². The van der Waals surface area contributed by atoms with Crippen LogP contribution in [0.2, 0.25) is 0 Å². The molecular formula is C11H17N. The van der Waals surface area contributed by atoms with Crippen molar-refractivity contribution in [1.29, 1.82) is 0 Å². The van der Waals surface area contributed by atoms with E-state index in [0.717, 1.165) is 13.1 Å². The molecule has 0 amide bonds. The van der Waals surface area contributed by atoms with E-state index in [9.17, 15) is 0 Å². The van der Waals surface area contributed by atoms with Crippen LogP contribution in [-0.4, -0.2) is 13.1 Å². The predicted molar refractivity (Wildman–Crippen MR) is 52.9 cm³/mol. The Bertz CT molecular complexity index is 205. The summed E-state index contributed by atoms with van der Waals surface area (Å²) in [5, 5.41) is 3.31. The maximum absolute atomic E-state index is 3.31. The second-order valence-electron chi connectivity index (χ2n) is 3.14. The summed E-state index contributed by atoms with van der Waals surface area (Å²) in [6.07, 6.45) is 7.67. The van der Waals surface area contributed by atoms with Crippen molar-refractivity contribution in [3.63, 3.8) is 0 Å². The standard InChI is InChI=1S/C11H17N/c1-2-3-9-12-10-11-7-5-4-6-8-11/h7,12H,4-6,8-10H2,1H3. The first-order valence-corrected chi connectivity index (χ1v) is 4.71. The van der Waals surface area contributed by atoms with E-state index >= 15 is 0 Å². The fourth-order valence-corrected chi connectivity index (χ4v) is 1.44. The SMILES string of the molecule is CC#CCNCC1=CCCCC1. The van der Waals surface area contributed by atoms with Crippen molar-refractivity contribution < 1.29 is 0 Å². The van der Waals surface area contributed by atoms with Gasteiger partial charge in [0.2, 0.25) is 0 Å². The minimum absolute atomic E-state index is 0.827. The highest BCUT2D eigenvalue weighted by molar-refractivity contribution is 5.08. The molecule has 1 aliphatic carbocycles. The Morgan fingerprint density at radius 1 is 1.50 bits per heavy atom. The average molecular weight is 163 g/mol. The van der Waals surface area contributed by atoms with E-state index in [1.54, 1.807) is 5.57 Å². The number of hydrogen-bond donors (Lipinski definition) is 1. The Morgan fingerprint density at radius 3 is 3.08 bits per heavy atom. The zero-order valence-corrected chi connectivity index (χ0v) is 7.82. The molecule has 0 aromatic carbocycles. The molecule has 0 bridgehead atoms. The molecule has 1 nitrogen and oxygen atoms in total. The maximum Gasteiger partial charge on any atom is 0.0578 e. The van der Waals surface area contributed by atoms with Gasteiger partial charge in [0.1, 0.15) is 0 Å². The Kier molecular flexibility index (Phi) is 4.56. The molecule has 0 saturated carbocycles. The zero-order chi connectivity index (χ0) is 8.65. The van der Waals surface area contributed by atoms with Gasteiger partial charge in [0, 0.05) is 6.54 Å². The third-order valence-corrected chi connectivity index (χ3v) is 2.13. The van der Waals surface area contributed by atoms with E-state index in [0.29, 0.717) is 0 Å². The average Bonchev–Trinajstić information content (AvgIpc) is 2.14. The second-order valence-corrected chi connectivity index (χ2v) is 3.14. The number of nitrogens with one attached hydrogen (secondary N) is 1. The number of rotatable bonds is 3. The minimum Gasteiger partial charge on any atom is -0.302 e. The van der Waals surface area contributed by atoms with E-state index < -0.39 is 0 Å². The molecule has 1 aliphatic rings. The molecule has 0 aromatic heterocycles. The van der Waals surface area contributed by atoms with Crippen LogP contribution in [0.5, 0.6) is 0 Å². The molecule has 0 heterocycles. The maximum atomic E-state index is 3.31. The Morgan fingerprint density at radius 2 is 2.42 bits per heavy atom. The van der Waals surface area contributed by atoms with Crippen LogP contribution in [0.3, 0.4) is 0 Å². The summed E-state index contributed by atoms with van der Waals surface area (Å²) in [7, 11) is 0. The third kappa shape index (κ3) is 3.59. The molecule has 0 saturated heterocycles. The first-order valence-electron chi connectivity index (χ1n) is 4.71. The first-order chi connectivity index (χ1) is 5.93. The van der Waals surface area contributed by atoms with Gasteiger partial charge in [0.25, 0.3) is 0 Å². The summed E-state index contributed by atoms with van der Waals surface area (Å²) < 4.78 is 0. The van der Waals surface area contributed by atoms with E-state index in [4.69, 9.17) is 0 Å². The number of allylic oxidation sites excluding steroid dienone is 1. The van der Waals surface area contributed by atoms with E-state index in [2.05, 4.69) is 23.2 Å². The van der Waals surface area contributed by atoms with Crippen LogP contribution < -0.4 is 5.32 Å². The highest BCUT2D eigenvalue weighted by atomic mass is 14.8. The lowest BCUT2D eigenvalue weighted by Crippen LogP contribution is -2.18. The van der Waals surface area contributed by atoms with Gasteiger partial charge in [-0.2, -0.15) is 0 Å². The topological polar surface area (TPSA) is 12.0 Å². The van der Waals surface area contributed by atoms with Gasteiger partial charge in [-0.25, -0.2) is 0 Å². The molecule has 66 valence electrons. The normalized spacial score (nSPS) is 16.2. The lowest BCUT2D eigenvalue weighted by Gasteiger charge is -2.11. The quantitative estimate of drug-likeness (QED) is 0.381. The summed E-state index contributed by atoms with van der Waals surface area (Å²) >= 11 is 0. The largest absolute Gasteiger partial charge is 0.302 e. The van der Waals surface area contributed by atoms with Crippen LogP contribution in [0.25, 0.3) is 0 Å². The summed E-state index contributed by atoms with van der Waals surface area (Å²) in [5.74, 6) is 5.87. The molecule has 0 unspecified atom stereocenters. The highest BCUT2D eigenvalue weighted by Crippen LogP contribution is 2.15. The van der Waals surface area contributed by atoms with E-state index in [-0.39, 0.29) is 0 Å². The summed E-state index contributed by atoms with van der Waals surface area (Å²) in [6.45, 7) is 3.74. The Balaban J connectivity index is 2.12. The highest BCUT2D eigenvalue weighted by Gasteiger charge is 2.01. The molecule has 0 radical (unpaired) electrons. The van der Waals surface area contributed by atoms with Crippen LogP contribution >= 0.6 is 0 Å². The van der Waals surface area contributed by atoms with Gasteiger partial charge in [-0.3, -0.25) is 0 Å². The zero-order valence-electron chi connectivity index (χ0n) is 7.82. The van der Waals surface area contributed by atoms with E-state index in [1.807, 2.05) is 6.92 Å². The van der Waals surface area contributed by atoms with Crippen molar-refractivity contribution in [1.82, 2.24) is 5.32 Å².